The fourth-order valence-corrected chi connectivity index (χ4v) is 2.44. The fourth-order valence-electron chi connectivity index (χ4n) is 2.44. The van der Waals surface area contributed by atoms with E-state index in [1.165, 1.54) is 0 Å². The van der Waals surface area contributed by atoms with Crippen molar-refractivity contribution in [3.05, 3.63) is 70.8 Å². The second-order valence-electron chi connectivity index (χ2n) is 5.67. The summed E-state index contributed by atoms with van der Waals surface area (Å²) in [5.74, 6) is -2.72. The van der Waals surface area contributed by atoms with Crippen LogP contribution in [0.4, 0.5) is 8.78 Å². The summed E-state index contributed by atoms with van der Waals surface area (Å²) in [5, 5.41) is 2.51. The molecule has 126 valence electrons. The highest BCUT2D eigenvalue weighted by Gasteiger charge is 2.19. The lowest BCUT2D eigenvalue weighted by Crippen LogP contribution is -2.46. The molecule has 0 unspecified atom stereocenters. The highest BCUT2D eigenvalue weighted by atomic mass is 19.1. The Morgan fingerprint density at radius 2 is 1.75 bits per heavy atom. The Balaban J connectivity index is 2.04. The van der Waals surface area contributed by atoms with Crippen LogP contribution >= 0.6 is 0 Å². The fraction of sp³-hybridized carbons (Fsp3) is 0.222. The number of primary amides is 1. The predicted molar refractivity (Wildman–Crippen MR) is 86.1 cm³/mol. The first kappa shape index (κ1) is 17.6. The van der Waals surface area contributed by atoms with E-state index in [4.69, 9.17) is 5.73 Å². The van der Waals surface area contributed by atoms with Crippen LogP contribution in [-0.2, 0) is 22.4 Å². The summed E-state index contributed by atoms with van der Waals surface area (Å²) >= 11 is 0. The van der Waals surface area contributed by atoms with E-state index in [0.717, 1.165) is 29.3 Å². The van der Waals surface area contributed by atoms with Gasteiger partial charge in [0.1, 0.15) is 17.7 Å². The molecular formula is C18H18F2N2O2. The molecule has 24 heavy (non-hydrogen) atoms. The molecular weight excluding hydrogens is 314 g/mol. The number of aryl methyl sites for hydroxylation is 1. The zero-order valence-corrected chi connectivity index (χ0v) is 13.2. The van der Waals surface area contributed by atoms with Crippen LogP contribution in [-0.4, -0.2) is 17.9 Å². The van der Waals surface area contributed by atoms with Crippen LogP contribution in [0.3, 0.4) is 0 Å². The van der Waals surface area contributed by atoms with Crippen LogP contribution in [0.15, 0.2) is 42.5 Å². The Hall–Kier alpha value is -2.76. The van der Waals surface area contributed by atoms with Crippen molar-refractivity contribution < 1.29 is 18.4 Å². The Morgan fingerprint density at radius 3 is 2.33 bits per heavy atom. The van der Waals surface area contributed by atoms with Gasteiger partial charge in [-0.2, -0.15) is 0 Å². The number of rotatable bonds is 6. The van der Waals surface area contributed by atoms with Gasteiger partial charge >= 0.3 is 0 Å². The Kier molecular flexibility index (Phi) is 5.63. The molecule has 0 spiro atoms. The summed E-state index contributed by atoms with van der Waals surface area (Å²) in [7, 11) is 0. The first-order valence-corrected chi connectivity index (χ1v) is 7.42. The van der Waals surface area contributed by atoms with Crippen molar-refractivity contribution in [1.82, 2.24) is 5.32 Å². The molecule has 3 N–H and O–H groups in total. The summed E-state index contributed by atoms with van der Waals surface area (Å²) < 4.78 is 26.3. The number of nitrogens with one attached hydrogen (secondary N) is 1. The molecule has 2 aromatic rings. The highest BCUT2D eigenvalue weighted by Crippen LogP contribution is 2.10. The number of hydrogen-bond acceptors (Lipinski definition) is 2. The van der Waals surface area contributed by atoms with E-state index in [0.29, 0.717) is 0 Å². The molecule has 0 fully saturated rings. The molecule has 0 radical (unpaired) electrons. The average molecular weight is 332 g/mol. The summed E-state index contributed by atoms with van der Waals surface area (Å²) in [5.41, 5.74) is 7.41. The van der Waals surface area contributed by atoms with Gasteiger partial charge in [0.2, 0.25) is 11.8 Å². The lowest BCUT2D eigenvalue weighted by molar-refractivity contribution is -0.127. The number of carbonyl (C=O) groups excluding carboxylic acids is 2. The van der Waals surface area contributed by atoms with E-state index in [2.05, 4.69) is 5.32 Å². The molecule has 0 bridgehead atoms. The smallest absolute Gasteiger partial charge is 0.240 e. The van der Waals surface area contributed by atoms with E-state index >= 15 is 0 Å². The summed E-state index contributed by atoms with van der Waals surface area (Å²) in [6, 6.07) is 9.47. The Morgan fingerprint density at radius 1 is 1.08 bits per heavy atom. The van der Waals surface area contributed by atoms with Gasteiger partial charge in [-0.3, -0.25) is 9.59 Å². The number of nitrogens with two attached hydrogens (primary N) is 1. The summed E-state index contributed by atoms with van der Waals surface area (Å²) in [6.07, 6.45) is 0.00649. The SMILES string of the molecule is Cc1cccc(C[C@H](NC(=O)Cc2cc(F)cc(F)c2)C(N)=O)c1. The number of amides is 2. The quantitative estimate of drug-likeness (QED) is 0.849. The predicted octanol–water partition coefficient (Wildman–Crippen LogP) is 2.03. The molecule has 1 atom stereocenters. The molecule has 0 aromatic heterocycles. The van der Waals surface area contributed by atoms with Crippen LogP contribution in [0.5, 0.6) is 0 Å². The van der Waals surface area contributed by atoms with Crippen LogP contribution in [0, 0.1) is 18.6 Å². The van der Waals surface area contributed by atoms with Gasteiger partial charge in [-0.25, -0.2) is 8.78 Å². The second-order valence-corrected chi connectivity index (χ2v) is 5.67. The molecule has 0 heterocycles. The molecule has 4 nitrogen and oxygen atoms in total. The normalized spacial score (nSPS) is 11.8. The molecule has 2 amide bonds. The maximum absolute atomic E-state index is 13.1. The van der Waals surface area contributed by atoms with Crippen molar-refractivity contribution >= 4 is 11.8 Å². The van der Waals surface area contributed by atoms with Crippen molar-refractivity contribution in [2.45, 2.75) is 25.8 Å². The third-order valence-electron chi connectivity index (χ3n) is 3.49. The lowest BCUT2D eigenvalue weighted by atomic mass is 10.0. The second kappa shape index (κ2) is 7.68. The minimum absolute atomic E-state index is 0.184. The minimum Gasteiger partial charge on any atom is -0.368 e. The van der Waals surface area contributed by atoms with Gasteiger partial charge in [-0.05, 0) is 30.2 Å². The van der Waals surface area contributed by atoms with Gasteiger partial charge in [0, 0.05) is 12.5 Å². The summed E-state index contributed by atoms with van der Waals surface area (Å²) in [4.78, 5) is 23.6. The van der Waals surface area contributed by atoms with Gasteiger partial charge in [-0.1, -0.05) is 29.8 Å². The van der Waals surface area contributed by atoms with Crippen molar-refractivity contribution in [1.29, 1.82) is 0 Å². The lowest BCUT2D eigenvalue weighted by Gasteiger charge is -2.16. The first-order valence-electron chi connectivity index (χ1n) is 7.42. The largest absolute Gasteiger partial charge is 0.368 e. The van der Waals surface area contributed by atoms with E-state index in [1.807, 2.05) is 31.2 Å². The standard InChI is InChI=1S/C18H18F2N2O2/c1-11-3-2-4-12(5-11)8-16(18(21)24)22-17(23)9-13-6-14(19)10-15(20)7-13/h2-7,10,16H,8-9H2,1H3,(H2,21,24)(H,22,23)/t16-/m0/s1. The van der Waals surface area contributed by atoms with E-state index in [9.17, 15) is 18.4 Å². The van der Waals surface area contributed by atoms with E-state index in [-0.39, 0.29) is 18.4 Å². The van der Waals surface area contributed by atoms with Crippen LogP contribution in [0.2, 0.25) is 0 Å². The third-order valence-corrected chi connectivity index (χ3v) is 3.49. The molecule has 0 aliphatic heterocycles. The molecule has 6 heteroatoms. The highest BCUT2D eigenvalue weighted by molar-refractivity contribution is 5.87. The van der Waals surface area contributed by atoms with Crippen LogP contribution in [0.1, 0.15) is 16.7 Å². The van der Waals surface area contributed by atoms with Crippen molar-refractivity contribution in [3.8, 4) is 0 Å². The van der Waals surface area contributed by atoms with Crippen molar-refractivity contribution in [2.75, 3.05) is 0 Å². The molecule has 2 aromatic carbocycles. The molecule has 0 aliphatic carbocycles. The number of halogens is 2. The van der Waals surface area contributed by atoms with Crippen molar-refractivity contribution in [3.63, 3.8) is 0 Å². The van der Waals surface area contributed by atoms with Crippen molar-refractivity contribution in [2.24, 2.45) is 5.73 Å². The van der Waals surface area contributed by atoms with Crippen LogP contribution < -0.4 is 11.1 Å². The maximum atomic E-state index is 13.1. The Labute approximate surface area is 138 Å². The van der Waals surface area contributed by atoms with E-state index in [1.54, 1.807) is 0 Å². The zero-order valence-electron chi connectivity index (χ0n) is 13.2. The Bertz CT molecular complexity index is 742. The number of benzene rings is 2. The summed E-state index contributed by atoms with van der Waals surface area (Å²) in [6.45, 7) is 1.92. The van der Waals surface area contributed by atoms with Gasteiger partial charge in [0.15, 0.2) is 0 Å². The van der Waals surface area contributed by atoms with Gasteiger partial charge < -0.3 is 11.1 Å². The monoisotopic (exact) mass is 332 g/mol. The molecule has 0 saturated heterocycles. The number of carbonyl (C=O) groups is 2. The molecule has 2 rings (SSSR count). The average Bonchev–Trinajstić information content (AvgIpc) is 2.45. The zero-order chi connectivity index (χ0) is 17.7. The molecule has 0 aliphatic rings. The number of hydrogen-bond donors (Lipinski definition) is 2. The first-order chi connectivity index (χ1) is 11.3. The van der Waals surface area contributed by atoms with Gasteiger partial charge in [0.25, 0.3) is 0 Å². The third kappa shape index (κ3) is 5.15. The van der Waals surface area contributed by atoms with E-state index < -0.39 is 29.5 Å². The van der Waals surface area contributed by atoms with Gasteiger partial charge in [0.05, 0.1) is 6.42 Å². The molecule has 0 saturated carbocycles. The maximum Gasteiger partial charge on any atom is 0.240 e. The minimum atomic E-state index is -0.891. The van der Waals surface area contributed by atoms with Crippen LogP contribution in [0.25, 0.3) is 0 Å². The topological polar surface area (TPSA) is 72.2 Å². The van der Waals surface area contributed by atoms with Gasteiger partial charge in [-0.15, -0.1) is 0 Å².